The Morgan fingerprint density at radius 1 is 1.11 bits per heavy atom. The van der Waals surface area contributed by atoms with Crippen molar-refractivity contribution < 1.29 is 0 Å². The first-order valence-corrected chi connectivity index (χ1v) is 6.51. The van der Waals surface area contributed by atoms with Crippen LogP contribution in [-0.4, -0.2) is 11.2 Å². The molecule has 0 radical (unpaired) electrons. The van der Waals surface area contributed by atoms with Crippen molar-refractivity contribution >= 4 is 22.8 Å². The third-order valence-corrected chi connectivity index (χ3v) is 2.92. The van der Waals surface area contributed by atoms with E-state index in [4.69, 9.17) is 0 Å². The predicted octanol–water partition coefficient (Wildman–Crippen LogP) is 4.72. The average molecular weight is 240 g/mol. The van der Waals surface area contributed by atoms with Crippen LogP contribution < -0.4 is 0 Å². The maximum Gasteiger partial charge on any atom is 0.0961 e. The molecule has 18 heavy (non-hydrogen) atoms. The molecule has 1 aromatic carbocycles. The Bertz CT molecular complexity index is 568. The Morgan fingerprint density at radius 3 is 2.56 bits per heavy atom. The summed E-state index contributed by atoms with van der Waals surface area (Å²) < 4.78 is 0. The van der Waals surface area contributed by atoms with Crippen molar-refractivity contribution in [3.63, 3.8) is 0 Å². The standard InChI is InChI=1S/C16H20N2/c1-11(2)10-18-15-7-5-6-14-13(12(3)4)8-9-17-16(14)15/h5-12H,1-4H3. The highest BCUT2D eigenvalue weighted by atomic mass is 14.8. The topological polar surface area (TPSA) is 25.2 Å². The fourth-order valence-corrected chi connectivity index (χ4v) is 2.02. The SMILES string of the molecule is CC(C)C=Nc1cccc2c(C(C)C)ccnc12. The lowest BCUT2D eigenvalue weighted by molar-refractivity contribution is 0.874. The Balaban J connectivity index is 2.60. The van der Waals surface area contributed by atoms with Gasteiger partial charge >= 0.3 is 0 Å². The summed E-state index contributed by atoms with van der Waals surface area (Å²) in [5.74, 6) is 0.952. The van der Waals surface area contributed by atoms with Gasteiger partial charge in [0.25, 0.3) is 0 Å². The van der Waals surface area contributed by atoms with Gasteiger partial charge in [-0.1, -0.05) is 39.8 Å². The molecular weight excluding hydrogens is 220 g/mol. The molecule has 0 saturated heterocycles. The Labute approximate surface area is 109 Å². The van der Waals surface area contributed by atoms with Crippen LogP contribution >= 0.6 is 0 Å². The van der Waals surface area contributed by atoms with Gasteiger partial charge in [0.1, 0.15) is 0 Å². The van der Waals surface area contributed by atoms with Crippen LogP contribution in [0.15, 0.2) is 35.5 Å². The van der Waals surface area contributed by atoms with Crippen LogP contribution in [0.3, 0.4) is 0 Å². The van der Waals surface area contributed by atoms with Gasteiger partial charge in [0.05, 0.1) is 11.2 Å². The van der Waals surface area contributed by atoms with Gasteiger partial charge in [0.15, 0.2) is 0 Å². The molecule has 0 amide bonds. The predicted molar refractivity (Wildman–Crippen MR) is 78.8 cm³/mol. The second-order valence-electron chi connectivity index (χ2n) is 5.25. The lowest BCUT2D eigenvalue weighted by Crippen LogP contribution is -1.92. The van der Waals surface area contributed by atoms with Gasteiger partial charge < -0.3 is 0 Å². The van der Waals surface area contributed by atoms with E-state index in [1.807, 2.05) is 18.5 Å². The molecule has 1 heterocycles. The highest BCUT2D eigenvalue weighted by molar-refractivity contribution is 5.92. The third kappa shape index (κ3) is 2.58. The number of aliphatic imine (C=N–C) groups is 1. The van der Waals surface area contributed by atoms with E-state index < -0.39 is 0 Å². The first-order chi connectivity index (χ1) is 8.59. The molecule has 0 aliphatic heterocycles. The third-order valence-electron chi connectivity index (χ3n) is 2.92. The number of rotatable bonds is 3. The number of hydrogen-bond donors (Lipinski definition) is 0. The molecule has 2 aromatic rings. The van der Waals surface area contributed by atoms with Crippen LogP contribution in [0.2, 0.25) is 0 Å². The van der Waals surface area contributed by atoms with Crippen molar-refractivity contribution in [3.05, 3.63) is 36.0 Å². The zero-order valence-corrected chi connectivity index (χ0v) is 11.5. The van der Waals surface area contributed by atoms with Crippen molar-refractivity contribution in [1.82, 2.24) is 4.98 Å². The summed E-state index contributed by atoms with van der Waals surface area (Å²) in [7, 11) is 0. The summed E-state index contributed by atoms with van der Waals surface area (Å²) in [6, 6.07) is 8.32. The van der Waals surface area contributed by atoms with Crippen LogP contribution in [0.5, 0.6) is 0 Å². The van der Waals surface area contributed by atoms with Crippen LogP contribution in [0.25, 0.3) is 10.9 Å². The minimum Gasteiger partial charge on any atom is -0.259 e. The monoisotopic (exact) mass is 240 g/mol. The largest absolute Gasteiger partial charge is 0.259 e. The van der Waals surface area contributed by atoms with Gasteiger partial charge in [-0.3, -0.25) is 9.98 Å². The molecule has 0 unspecified atom stereocenters. The molecule has 0 saturated carbocycles. The molecule has 0 aliphatic carbocycles. The number of fused-ring (bicyclic) bond motifs is 1. The van der Waals surface area contributed by atoms with Crippen molar-refractivity contribution in [2.75, 3.05) is 0 Å². The van der Waals surface area contributed by atoms with E-state index in [0.29, 0.717) is 11.8 Å². The first kappa shape index (κ1) is 12.7. The van der Waals surface area contributed by atoms with Gasteiger partial charge in [-0.2, -0.15) is 0 Å². The normalized spacial score (nSPS) is 12.1. The number of pyridine rings is 1. The van der Waals surface area contributed by atoms with E-state index in [2.05, 4.69) is 55.9 Å². The van der Waals surface area contributed by atoms with E-state index in [1.54, 1.807) is 0 Å². The number of nitrogens with zero attached hydrogens (tertiary/aromatic N) is 2. The Hall–Kier alpha value is -1.70. The van der Waals surface area contributed by atoms with Crippen molar-refractivity contribution in [2.45, 2.75) is 33.6 Å². The van der Waals surface area contributed by atoms with Gasteiger partial charge in [-0.05, 0) is 29.5 Å². The molecule has 0 spiro atoms. The number of aromatic nitrogens is 1. The van der Waals surface area contributed by atoms with E-state index in [1.165, 1.54) is 10.9 Å². The number of hydrogen-bond acceptors (Lipinski definition) is 2. The second kappa shape index (κ2) is 5.30. The average Bonchev–Trinajstić information content (AvgIpc) is 2.35. The van der Waals surface area contributed by atoms with Crippen LogP contribution in [0.1, 0.15) is 39.2 Å². The molecule has 0 bridgehead atoms. The highest BCUT2D eigenvalue weighted by Gasteiger charge is 2.07. The molecular formula is C16H20N2. The minimum absolute atomic E-state index is 0.452. The maximum atomic E-state index is 4.55. The molecule has 2 nitrogen and oxygen atoms in total. The first-order valence-electron chi connectivity index (χ1n) is 6.51. The summed E-state index contributed by atoms with van der Waals surface area (Å²) in [4.78, 5) is 9.04. The summed E-state index contributed by atoms with van der Waals surface area (Å²) >= 11 is 0. The molecule has 2 rings (SSSR count). The molecule has 0 N–H and O–H groups in total. The zero-order chi connectivity index (χ0) is 13.1. The lowest BCUT2D eigenvalue weighted by Gasteiger charge is -2.10. The highest BCUT2D eigenvalue weighted by Crippen LogP contribution is 2.29. The van der Waals surface area contributed by atoms with Gasteiger partial charge in [0.2, 0.25) is 0 Å². The summed E-state index contributed by atoms with van der Waals surface area (Å²) in [5, 5.41) is 1.21. The van der Waals surface area contributed by atoms with E-state index >= 15 is 0 Å². The van der Waals surface area contributed by atoms with Gasteiger partial charge in [0, 0.05) is 17.8 Å². The molecule has 0 fully saturated rings. The molecule has 0 aliphatic rings. The van der Waals surface area contributed by atoms with Crippen LogP contribution in [0.4, 0.5) is 5.69 Å². The smallest absolute Gasteiger partial charge is 0.0961 e. The Kier molecular flexibility index (Phi) is 3.75. The Morgan fingerprint density at radius 2 is 1.89 bits per heavy atom. The zero-order valence-electron chi connectivity index (χ0n) is 11.5. The van der Waals surface area contributed by atoms with E-state index in [0.717, 1.165) is 11.2 Å². The van der Waals surface area contributed by atoms with Crippen LogP contribution in [-0.2, 0) is 0 Å². The number of para-hydroxylation sites is 1. The molecule has 94 valence electrons. The van der Waals surface area contributed by atoms with Crippen molar-refractivity contribution in [1.29, 1.82) is 0 Å². The van der Waals surface area contributed by atoms with Gasteiger partial charge in [-0.15, -0.1) is 0 Å². The maximum absolute atomic E-state index is 4.55. The lowest BCUT2D eigenvalue weighted by atomic mass is 9.99. The van der Waals surface area contributed by atoms with Crippen LogP contribution in [0, 0.1) is 5.92 Å². The summed E-state index contributed by atoms with van der Waals surface area (Å²) in [6.45, 7) is 8.67. The summed E-state index contributed by atoms with van der Waals surface area (Å²) in [5.41, 5.74) is 3.30. The minimum atomic E-state index is 0.452. The fourth-order valence-electron chi connectivity index (χ4n) is 2.02. The van der Waals surface area contributed by atoms with Crippen molar-refractivity contribution in [2.24, 2.45) is 10.9 Å². The van der Waals surface area contributed by atoms with Gasteiger partial charge in [-0.25, -0.2) is 0 Å². The molecule has 1 aromatic heterocycles. The second-order valence-corrected chi connectivity index (χ2v) is 5.25. The van der Waals surface area contributed by atoms with E-state index in [-0.39, 0.29) is 0 Å². The fraction of sp³-hybridized carbons (Fsp3) is 0.375. The number of benzene rings is 1. The molecule has 2 heteroatoms. The van der Waals surface area contributed by atoms with Crippen molar-refractivity contribution in [3.8, 4) is 0 Å². The summed E-state index contributed by atoms with van der Waals surface area (Å²) in [6.07, 6.45) is 3.85. The quantitative estimate of drug-likeness (QED) is 0.713. The molecule has 0 atom stereocenters. The van der Waals surface area contributed by atoms with E-state index in [9.17, 15) is 0 Å².